The Bertz CT molecular complexity index is 1340. The van der Waals surface area contributed by atoms with Crippen LogP contribution in [0, 0.1) is 0 Å². The van der Waals surface area contributed by atoms with Crippen LogP contribution in [0.2, 0.25) is 0 Å². The second kappa shape index (κ2) is 12.2. The number of aromatic nitrogens is 2. The lowest BCUT2D eigenvalue weighted by molar-refractivity contribution is -0.117. The largest absolute Gasteiger partial charge is 0.497 e. The number of carbonyl (C=O) groups is 3. The zero-order valence-electron chi connectivity index (χ0n) is 20.3. The topological polar surface area (TPSA) is 114 Å². The monoisotopic (exact) mass is 497 g/mol. The zero-order chi connectivity index (χ0) is 26.0. The third kappa shape index (κ3) is 7.28. The number of benzene rings is 3. The first kappa shape index (κ1) is 25.2. The van der Waals surface area contributed by atoms with Gasteiger partial charge in [-0.2, -0.15) is 5.10 Å². The standard InChI is InChI=1S/C28H27N5O4/c1-37-24-14-12-22(13-15-24)30-27(35)19-33-18-23(17-29-33)31-26(34)16-25(20-8-4-2-5-9-20)32-28(36)21-10-6-3-7-11-21/h2-15,17-18,25H,16,19H2,1H3,(H,30,35)(H,31,34)(H,32,36). The van der Waals surface area contributed by atoms with Crippen LogP contribution in [-0.2, 0) is 16.1 Å². The lowest BCUT2D eigenvalue weighted by Gasteiger charge is -2.19. The van der Waals surface area contributed by atoms with Gasteiger partial charge in [-0.05, 0) is 42.0 Å². The molecule has 0 saturated carbocycles. The second-order valence-corrected chi connectivity index (χ2v) is 8.26. The van der Waals surface area contributed by atoms with E-state index in [4.69, 9.17) is 4.74 Å². The highest BCUT2D eigenvalue weighted by molar-refractivity contribution is 5.96. The smallest absolute Gasteiger partial charge is 0.251 e. The summed E-state index contributed by atoms with van der Waals surface area (Å²) in [6.07, 6.45) is 3.07. The maximum absolute atomic E-state index is 12.9. The highest BCUT2D eigenvalue weighted by atomic mass is 16.5. The molecule has 0 bridgehead atoms. The summed E-state index contributed by atoms with van der Waals surface area (Å²) in [7, 11) is 1.57. The Kier molecular flexibility index (Phi) is 8.28. The molecule has 0 aliphatic rings. The first-order valence-corrected chi connectivity index (χ1v) is 11.7. The first-order chi connectivity index (χ1) is 18.0. The summed E-state index contributed by atoms with van der Waals surface area (Å²) >= 11 is 0. The van der Waals surface area contributed by atoms with Crippen LogP contribution in [-0.4, -0.2) is 34.6 Å². The summed E-state index contributed by atoms with van der Waals surface area (Å²) in [6, 6.07) is 24.6. The molecule has 0 spiro atoms. The summed E-state index contributed by atoms with van der Waals surface area (Å²) in [5.41, 5.74) is 2.41. The van der Waals surface area contributed by atoms with Crippen molar-refractivity contribution in [3.05, 3.63) is 108 Å². The molecule has 4 aromatic rings. The van der Waals surface area contributed by atoms with Crippen LogP contribution in [0.5, 0.6) is 5.75 Å². The Hall–Kier alpha value is -4.92. The van der Waals surface area contributed by atoms with E-state index in [1.807, 2.05) is 36.4 Å². The van der Waals surface area contributed by atoms with E-state index >= 15 is 0 Å². The number of rotatable bonds is 10. The van der Waals surface area contributed by atoms with Crippen LogP contribution in [0.25, 0.3) is 0 Å². The van der Waals surface area contributed by atoms with Gasteiger partial charge in [0, 0.05) is 17.4 Å². The van der Waals surface area contributed by atoms with E-state index in [1.165, 1.54) is 10.9 Å². The van der Waals surface area contributed by atoms with E-state index < -0.39 is 6.04 Å². The minimum atomic E-state index is -0.528. The number of anilines is 2. The summed E-state index contributed by atoms with van der Waals surface area (Å²) in [5.74, 6) is -0.138. The van der Waals surface area contributed by atoms with Gasteiger partial charge in [-0.1, -0.05) is 48.5 Å². The summed E-state index contributed by atoms with van der Waals surface area (Å²) in [5, 5.41) is 12.7. The molecule has 4 rings (SSSR count). The third-order valence-electron chi connectivity index (χ3n) is 5.53. The molecule has 3 aromatic carbocycles. The molecule has 0 aliphatic carbocycles. The molecule has 1 aromatic heterocycles. The first-order valence-electron chi connectivity index (χ1n) is 11.7. The molecule has 0 radical (unpaired) electrons. The van der Waals surface area contributed by atoms with Gasteiger partial charge in [0.2, 0.25) is 11.8 Å². The molecule has 0 fully saturated rings. The van der Waals surface area contributed by atoms with E-state index in [0.717, 1.165) is 5.56 Å². The van der Waals surface area contributed by atoms with Crippen molar-refractivity contribution in [2.45, 2.75) is 19.0 Å². The Morgan fingerprint density at radius 2 is 1.49 bits per heavy atom. The molecule has 1 heterocycles. The lowest BCUT2D eigenvalue weighted by atomic mass is 10.0. The highest BCUT2D eigenvalue weighted by Gasteiger charge is 2.20. The van der Waals surface area contributed by atoms with E-state index in [-0.39, 0.29) is 30.7 Å². The molecular formula is C28H27N5O4. The molecule has 3 amide bonds. The molecular weight excluding hydrogens is 470 g/mol. The van der Waals surface area contributed by atoms with Crippen molar-refractivity contribution in [2.75, 3.05) is 17.7 Å². The normalized spacial score (nSPS) is 11.3. The predicted octanol–water partition coefficient (Wildman–Crippen LogP) is 4.03. The van der Waals surface area contributed by atoms with Gasteiger partial charge in [0.25, 0.3) is 5.91 Å². The maximum Gasteiger partial charge on any atom is 0.251 e. The molecule has 1 unspecified atom stereocenters. The van der Waals surface area contributed by atoms with Crippen molar-refractivity contribution in [3.8, 4) is 5.75 Å². The lowest BCUT2D eigenvalue weighted by Crippen LogP contribution is -2.31. The minimum Gasteiger partial charge on any atom is -0.497 e. The average Bonchev–Trinajstić information content (AvgIpc) is 3.35. The molecule has 3 N–H and O–H groups in total. The molecule has 188 valence electrons. The number of ether oxygens (including phenoxy) is 1. The van der Waals surface area contributed by atoms with Crippen LogP contribution >= 0.6 is 0 Å². The quantitative estimate of drug-likeness (QED) is 0.306. The molecule has 0 saturated heterocycles. The van der Waals surface area contributed by atoms with Crippen LogP contribution in [0.15, 0.2) is 97.3 Å². The maximum atomic E-state index is 12.9. The number of hydrogen-bond acceptors (Lipinski definition) is 5. The Labute approximate surface area is 214 Å². The van der Waals surface area contributed by atoms with E-state index in [9.17, 15) is 14.4 Å². The van der Waals surface area contributed by atoms with Crippen molar-refractivity contribution in [3.63, 3.8) is 0 Å². The van der Waals surface area contributed by atoms with Gasteiger partial charge in [-0.3, -0.25) is 19.1 Å². The number of methoxy groups -OCH3 is 1. The van der Waals surface area contributed by atoms with Gasteiger partial charge in [-0.15, -0.1) is 0 Å². The highest BCUT2D eigenvalue weighted by Crippen LogP contribution is 2.19. The van der Waals surface area contributed by atoms with Gasteiger partial charge in [0.05, 0.1) is 31.5 Å². The number of nitrogens with zero attached hydrogens (tertiary/aromatic N) is 2. The van der Waals surface area contributed by atoms with Crippen LogP contribution in [0.1, 0.15) is 28.4 Å². The Morgan fingerprint density at radius 3 is 2.16 bits per heavy atom. The second-order valence-electron chi connectivity index (χ2n) is 8.26. The fourth-order valence-corrected chi connectivity index (χ4v) is 3.70. The zero-order valence-corrected chi connectivity index (χ0v) is 20.3. The fourth-order valence-electron chi connectivity index (χ4n) is 3.70. The number of nitrogens with one attached hydrogen (secondary N) is 3. The fraction of sp³-hybridized carbons (Fsp3) is 0.143. The van der Waals surface area contributed by atoms with Crippen LogP contribution in [0.4, 0.5) is 11.4 Å². The molecule has 37 heavy (non-hydrogen) atoms. The van der Waals surface area contributed by atoms with Gasteiger partial charge < -0.3 is 20.7 Å². The predicted molar refractivity (Wildman–Crippen MR) is 140 cm³/mol. The van der Waals surface area contributed by atoms with E-state index in [2.05, 4.69) is 21.0 Å². The van der Waals surface area contributed by atoms with Crippen molar-refractivity contribution < 1.29 is 19.1 Å². The van der Waals surface area contributed by atoms with Crippen molar-refractivity contribution in [1.29, 1.82) is 0 Å². The average molecular weight is 498 g/mol. The van der Waals surface area contributed by atoms with Gasteiger partial charge in [0.1, 0.15) is 12.3 Å². The molecule has 0 aliphatic heterocycles. The minimum absolute atomic E-state index is 0.0196. The van der Waals surface area contributed by atoms with Crippen LogP contribution in [0.3, 0.4) is 0 Å². The summed E-state index contributed by atoms with van der Waals surface area (Å²) in [6.45, 7) is -0.0261. The van der Waals surface area contributed by atoms with Gasteiger partial charge >= 0.3 is 0 Å². The molecule has 1 atom stereocenters. The number of hydrogen-bond donors (Lipinski definition) is 3. The van der Waals surface area contributed by atoms with E-state index in [1.54, 1.807) is 61.8 Å². The van der Waals surface area contributed by atoms with E-state index in [0.29, 0.717) is 22.7 Å². The third-order valence-corrected chi connectivity index (χ3v) is 5.53. The Morgan fingerprint density at radius 1 is 0.838 bits per heavy atom. The van der Waals surface area contributed by atoms with Crippen LogP contribution < -0.4 is 20.7 Å². The van der Waals surface area contributed by atoms with Gasteiger partial charge in [0.15, 0.2) is 0 Å². The molecule has 9 heteroatoms. The van der Waals surface area contributed by atoms with Crippen molar-refractivity contribution in [1.82, 2.24) is 15.1 Å². The number of amides is 3. The van der Waals surface area contributed by atoms with Gasteiger partial charge in [-0.25, -0.2) is 0 Å². The Balaban J connectivity index is 1.35. The van der Waals surface area contributed by atoms with Crippen molar-refractivity contribution in [2.24, 2.45) is 0 Å². The SMILES string of the molecule is COc1ccc(NC(=O)Cn2cc(NC(=O)CC(NC(=O)c3ccccc3)c3ccccc3)cn2)cc1. The summed E-state index contributed by atoms with van der Waals surface area (Å²) < 4.78 is 6.54. The number of carbonyl (C=O) groups excluding carboxylic acids is 3. The summed E-state index contributed by atoms with van der Waals surface area (Å²) in [4.78, 5) is 37.9. The van der Waals surface area contributed by atoms with Crippen molar-refractivity contribution >= 4 is 29.1 Å². The molecule has 9 nitrogen and oxygen atoms in total.